The maximum absolute atomic E-state index is 14.0. The SMILES string of the molecule is CC1CC(C)(C(=O)Nc2ncc(Cc3ccccc3)[nH]2)C(C)c2ccccc2C(C#N)c2ncccc21. The van der Waals surface area contributed by atoms with Crippen LogP contribution in [0.25, 0.3) is 0 Å². The highest BCUT2D eigenvalue weighted by Gasteiger charge is 2.44. The van der Waals surface area contributed by atoms with E-state index in [-0.39, 0.29) is 17.7 Å². The smallest absolute Gasteiger partial charge is 0.233 e. The number of imidazole rings is 1. The standard InChI is InChI=1S/C31H31N5O/c1-20-17-31(3,29(37)36-30-34-19-23(35-30)16-22-10-5-4-6-11-22)21(2)25-12-7-8-13-26(25)27(18-32)28-24(20)14-9-15-33-28/h4-15,19-21,27H,16-17H2,1-3H3,(H2,34,35,36,37). The van der Waals surface area contributed by atoms with Gasteiger partial charge in [-0.15, -0.1) is 0 Å². The third-order valence-electron chi connectivity index (χ3n) is 7.88. The van der Waals surface area contributed by atoms with Gasteiger partial charge in [0.25, 0.3) is 0 Å². The highest BCUT2D eigenvalue weighted by molar-refractivity contribution is 5.94. The minimum Gasteiger partial charge on any atom is -0.328 e. The van der Waals surface area contributed by atoms with Gasteiger partial charge in [0.1, 0.15) is 5.92 Å². The first kappa shape index (κ1) is 24.5. The van der Waals surface area contributed by atoms with Crippen LogP contribution in [-0.2, 0) is 11.2 Å². The summed E-state index contributed by atoms with van der Waals surface area (Å²) in [6.45, 7) is 6.23. The molecule has 0 radical (unpaired) electrons. The van der Waals surface area contributed by atoms with Crippen molar-refractivity contribution in [2.75, 3.05) is 5.32 Å². The first-order valence-corrected chi connectivity index (χ1v) is 12.7. The second-order valence-corrected chi connectivity index (χ2v) is 10.3. The summed E-state index contributed by atoms with van der Waals surface area (Å²) >= 11 is 0. The lowest BCUT2D eigenvalue weighted by Crippen LogP contribution is -2.39. The molecular formula is C31H31N5O. The van der Waals surface area contributed by atoms with Crippen molar-refractivity contribution in [1.29, 1.82) is 5.26 Å². The van der Waals surface area contributed by atoms with Crippen molar-refractivity contribution in [2.45, 2.75) is 51.4 Å². The predicted molar refractivity (Wildman–Crippen MR) is 144 cm³/mol. The number of benzene rings is 2. The maximum atomic E-state index is 14.0. The van der Waals surface area contributed by atoms with Crippen molar-refractivity contribution in [3.05, 3.63) is 113 Å². The van der Waals surface area contributed by atoms with Gasteiger partial charge in [0.15, 0.2) is 0 Å². The lowest BCUT2D eigenvalue weighted by molar-refractivity contribution is -0.126. The molecular weight excluding hydrogens is 458 g/mol. The Balaban J connectivity index is 1.50. The van der Waals surface area contributed by atoms with Crippen LogP contribution in [0.1, 0.15) is 78.6 Å². The number of aromatic amines is 1. The van der Waals surface area contributed by atoms with Gasteiger partial charge < -0.3 is 4.98 Å². The van der Waals surface area contributed by atoms with Crippen LogP contribution < -0.4 is 5.32 Å². The van der Waals surface area contributed by atoms with Crippen molar-refractivity contribution in [1.82, 2.24) is 15.0 Å². The van der Waals surface area contributed by atoms with Crippen LogP contribution in [0.4, 0.5) is 5.95 Å². The molecule has 0 spiro atoms. The number of amides is 1. The normalized spacial score (nSPS) is 22.9. The first-order valence-electron chi connectivity index (χ1n) is 12.7. The molecule has 1 amide bonds. The van der Waals surface area contributed by atoms with Gasteiger partial charge >= 0.3 is 0 Å². The number of hydrogen-bond donors (Lipinski definition) is 2. The molecule has 4 aromatic rings. The van der Waals surface area contributed by atoms with Crippen LogP contribution >= 0.6 is 0 Å². The Morgan fingerprint density at radius 2 is 1.73 bits per heavy atom. The van der Waals surface area contributed by atoms with Crippen LogP contribution in [0.5, 0.6) is 0 Å². The number of H-pyrrole nitrogens is 1. The van der Waals surface area contributed by atoms with E-state index in [1.807, 2.05) is 61.5 Å². The van der Waals surface area contributed by atoms with Gasteiger partial charge in [0, 0.05) is 18.3 Å². The number of nitriles is 1. The highest BCUT2D eigenvalue weighted by atomic mass is 16.2. The van der Waals surface area contributed by atoms with Gasteiger partial charge in [-0.05, 0) is 46.6 Å². The Kier molecular flexibility index (Phi) is 6.62. The topological polar surface area (TPSA) is 94.5 Å². The molecule has 1 aliphatic carbocycles. The zero-order valence-electron chi connectivity index (χ0n) is 21.4. The Bertz CT molecular complexity index is 1450. The number of carbonyl (C=O) groups is 1. The Labute approximate surface area is 217 Å². The van der Waals surface area contributed by atoms with E-state index in [9.17, 15) is 10.1 Å². The molecule has 4 atom stereocenters. The zero-order chi connectivity index (χ0) is 26.0. The summed E-state index contributed by atoms with van der Waals surface area (Å²) in [7, 11) is 0. The molecule has 2 N–H and O–H groups in total. The van der Waals surface area contributed by atoms with E-state index in [2.05, 4.69) is 52.3 Å². The molecule has 6 nitrogen and oxygen atoms in total. The number of hydrogen-bond acceptors (Lipinski definition) is 4. The van der Waals surface area contributed by atoms with Crippen LogP contribution in [0.2, 0.25) is 0 Å². The summed E-state index contributed by atoms with van der Waals surface area (Å²) in [6, 6.07) is 24.6. The Hall–Kier alpha value is -4.24. The molecule has 186 valence electrons. The monoisotopic (exact) mass is 489 g/mol. The summed E-state index contributed by atoms with van der Waals surface area (Å²) in [4.78, 5) is 26.4. The first-order chi connectivity index (χ1) is 17.9. The number of nitrogens with zero attached hydrogens (tertiary/aromatic N) is 3. The van der Waals surface area contributed by atoms with Crippen molar-refractivity contribution in [3.63, 3.8) is 0 Å². The third-order valence-corrected chi connectivity index (χ3v) is 7.88. The fourth-order valence-electron chi connectivity index (χ4n) is 5.67. The summed E-state index contributed by atoms with van der Waals surface area (Å²) in [5, 5.41) is 13.3. The molecule has 4 unspecified atom stereocenters. The fourth-order valence-corrected chi connectivity index (χ4v) is 5.67. The van der Waals surface area contributed by atoms with Crippen LogP contribution in [0, 0.1) is 16.7 Å². The third kappa shape index (κ3) is 4.65. The van der Waals surface area contributed by atoms with E-state index in [0.717, 1.165) is 28.1 Å². The molecule has 0 aliphatic heterocycles. The maximum Gasteiger partial charge on any atom is 0.233 e. The quantitative estimate of drug-likeness (QED) is 0.351. The van der Waals surface area contributed by atoms with Crippen LogP contribution in [0.3, 0.4) is 0 Å². The molecule has 0 saturated heterocycles. The van der Waals surface area contributed by atoms with Crippen molar-refractivity contribution in [2.24, 2.45) is 5.41 Å². The van der Waals surface area contributed by atoms with Crippen molar-refractivity contribution < 1.29 is 4.79 Å². The highest BCUT2D eigenvalue weighted by Crippen LogP contribution is 2.48. The van der Waals surface area contributed by atoms with Crippen molar-refractivity contribution >= 4 is 11.9 Å². The Morgan fingerprint density at radius 1 is 1.03 bits per heavy atom. The van der Waals surface area contributed by atoms with Crippen LogP contribution in [0.15, 0.2) is 79.1 Å². The summed E-state index contributed by atoms with van der Waals surface area (Å²) in [5.74, 6) is -0.258. The number of fused-ring (bicyclic) bond motifs is 2. The van der Waals surface area contributed by atoms with Gasteiger partial charge in [-0.25, -0.2) is 4.98 Å². The number of carbonyl (C=O) groups excluding carboxylic acids is 1. The molecule has 2 aromatic carbocycles. The number of rotatable bonds is 4. The van der Waals surface area contributed by atoms with E-state index >= 15 is 0 Å². The molecule has 5 rings (SSSR count). The van der Waals surface area contributed by atoms with E-state index in [0.29, 0.717) is 18.8 Å². The van der Waals surface area contributed by atoms with E-state index in [4.69, 9.17) is 0 Å². The summed E-state index contributed by atoms with van der Waals surface area (Å²) in [6.07, 6.45) is 4.83. The average molecular weight is 490 g/mol. The average Bonchev–Trinajstić information content (AvgIpc) is 3.36. The van der Waals surface area contributed by atoms with Crippen molar-refractivity contribution in [3.8, 4) is 6.07 Å². The predicted octanol–water partition coefficient (Wildman–Crippen LogP) is 6.31. The van der Waals surface area contributed by atoms with E-state index < -0.39 is 11.3 Å². The van der Waals surface area contributed by atoms with E-state index in [1.165, 1.54) is 5.56 Å². The molecule has 1 aliphatic rings. The van der Waals surface area contributed by atoms with Gasteiger partial charge in [-0.1, -0.05) is 81.4 Å². The number of pyridine rings is 1. The lowest BCUT2D eigenvalue weighted by Gasteiger charge is -2.36. The number of aromatic nitrogens is 3. The molecule has 6 heteroatoms. The van der Waals surface area contributed by atoms with E-state index in [1.54, 1.807) is 12.4 Å². The number of nitrogens with one attached hydrogen (secondary N) is 2. The summed E-state index contributed by atoms with van der Waals surface area (Å²) < 4.78 is 0. The van der Waals surface area contributed by atoms with Gasteiger partial charge in [-0.3, -0.25) is 15.1 Å². The molecule has 2 aromatic heterocycles. The summed E-state index contributed by atoms with van der Waals surface area (Å²) in [5.41, 5.74) is 5.04. The lowest BCUT2D eigenvalue weighted by atomic mass is 9.67. The van der Waals surface area contributed by atoms with Gasteiger partial charge in [0.05, 0.1) is 23.4 Å². The number of anilines is 1. The molecule has 37 heavy (non-hydrogen) atoms. The molecule has 2 heterocycles. The minimum atomic E-state index is -0.765. The zero-order valence-corrected chi connectivity index (χ0v) is 21.4. The molecule has 0 bridgehead atoms. The fraction of sp³-hybridized carbons (Fsp3) is 0.290. The minimum absolute atomic E-state index is 0.0253. The van der Waals surface area contributed by atoms with Crippen LogP contribution in [-0.4, -0.2) is 20.9 Å². The second kappa shape index (κ2) is 10.0. The Morgan fingerprint density at radius 3 is 2.49 bits per heavy atom. The van der Waals surface area contributed by atoms with Gasteiger partial charge in [0.2, 0.25) is 11.9 Å². The molecule has 0 fully saturated rings. The molecule has 0 saturated carbocycles. The second-order valence-electron chi connectivity index (χ2n) is 10.3. The largest absolute Gasteiger partial charge is 0.328 e. The van der Waals surface area contributed by atoms with Gasteiger partial charge in [-0.2, -0.15) is 5.26 Å².